The minimum Gasteiger partial charge on any atom is -0.356 e. The molecule has 0 amide bonds. The van der Waals surface area contributed by atoms with Gasteiger partial charge in [0.15, 0.2) is 5.96 Å². The Hall–Kier alpha value is -2.64. The van der Waals surface area contributed by atoms with Crippen LogP contribution in [-0.2, 0) is 16.6 Å². The highest BCUT2D eigenvalue weighted by atomic mass is 32.2. The monoisotopic (exact) mass is 412 g/mol. The van der Waals surface area contributed by atoms with E-state index in [-0.39, 0.29) is 4.90 Å². The lowest BCUT2D eigenvalue weighted by Gasteiger charge is -2.30. The molecule has 0 spiro atoms. The van der Waals surface area contributed by atoms with Crippen LogP contribution in [-0.4, -0.2) is 46.0 Å². The minimum atomic E-state index is -3.45. The molecule has 0 unspecified atom stereocenters. The molecule has 2 N–H and O–H groups in total. The van der Waals surface area contributed by atoms with Crippen molar-refractivity contribution in [3.05, 3.63) is 71.8 Å². The molecule has 0 radical (unpaired) electrons. The average molecular weight is 413 g/mol. The second-order valence-electron chi connectivity index (χ2n) is 6.82. The van der Waals surface area contributed by atoms with Gasteiger partial charge < -0.3 is 10.2 Å². The molecule has 7 heteroatoms. The lowest BCUT2D eigenvalue weighted by Crippen LogP contribution is -2.43. The van der Waals surface area contributed by atoms with Crippen molar-refractivity contribution in [2.75, 3.05) is 26.7 Å². The van der Waals surface area contributed by atoms with Crippen LogP contribution in [0.1, 0.15) is 24.5 Å². The summed E-state index contributed by atoms with van der Waals surface area (Å²) >= 11 is 0. The molecule has 2 aromatic rings. The lowest BCUT2D eigenvalue weighted by molar-refractivity contribution is 0.440. The summed E-state index contributed by atoms with van der Waals surface area (Å²) in [7, 11) is -2.04. The van der Waals surface area contributed by atoms with Crippen LogP contribution in [0.25, 0.3) is 5.57 Å². The Kier molecular flexibility index (Phi) is 7.06. The highest BCUT2D eigenvalue weighted by Gasteiger charge is 2.16. The van der Waals surface area contributed by atoms with Gasteiger partial charge in [0.05, 0.1) is 11.4 Å². The smallest absolute Gasteiger partial charge is 0.240 e. The molecular weight excluding hydrogens is 384 g/mol. The van der Waals surface area contributed by atoms with Crippen LogP contribution in [0.3, 0.4) is 0 Å². The van der Waals surface area contributed by atoms with Crippen molar-refractivity contribution in [1.29, 1.82) is 0 Å². The summed E-state index contributed by atoms with van der Waals surface area (Å²) in [5.74, 6) is 0.845. The molecule has 1 aliphatic heterocycles. The Morgan fingerprint density at radius 3 is 2.59 bits per heavy atom. The van der Waals surface area contributed by atoms with Crippen molar-refractivity contribution in [3.8, 4) is 0 Å². The largest absolute Gasteiger partial charge is 0.356 e. The van der Waals surface area contributed by atoms with Crippen LogP contribution < -0.4 is 10.0 Å². The second kappa shape index (κ2) is 9.71. The van der Waals surface area contributed by atoms with Crippen LogP contribution in [0.4, 0.5) is 0 Å². The standard InChI is InChI=1S/C22H28N4O2S/c1-3-24-22(25-17-18-8-7-11-21(16-18)29(27,28)23-2)26-14-12-20(13-15-26)19-9-5-4-6-10-19/h4-12,16,23H,3,13-15,17H2,1-2H3,(H,24,25). The first-order chi connectivity index (χ1) is 14.0. The summed E-state index contributed by atoms with van der Waals surface area (Å²) in [6.45, 7) is 4.93. The van der Waals surface area contributed by atoms with Gasteiger partial charge in [0.25, 0.3) is 0 Å². The van der Waals surface area contributed by atoms with Gasteiger partial charge in [-0.2, -0.15) is 0 Å². The van der Waals surface area contributed by atoms with E-state index in [0.29, 0.717) is 6.54 Å². The SMILES string of the molecule is CCNC(=NCc1cccc(S(=O)(=O)NC)c1)N1CC=C(c2ccccc2)CC1. The number of sulfonamides is 1. The Morgan fingerprint density at radius 1 is 1.14 bits per heavy atom. The van der Waals surface area contributed by atoms with Crippen molar-refractivity contribution in [1.82, 2.24) is 14.9 Å². The van der Waals surface area contributed by atoms with Crippen molar-refractivity contribution < 1.29 is 8.42 Å². The molecule has 0 aromatic heterocycles. The fourth-order valence-electron chi connectivity index (χ4n) is 3.30. The van der Waals surface area contributed by atoms with Crippen molar-refractivity contribution in [2.24, 2.45) is 4.99 Å². The fraction of sp³-hybridized carbons (Fsp3) is 0.318. The van der Waals surface area contributed by atoms with Crippen molar-refractivity contribution in [3.63, 3.8) is 0 Å². The summed E-state index contributed by atoms with van der Waals surface area (Å²) < 4.78 is 26.4. The molecule has 1 aliphatic rings. The Bertz CT molecular complexity index is 985. The van der Waals surface area contributed by atoms with E-state index in [9.17, 15) is 8.42 Å². The third-order valence-electron chi connectivity index (χ3n) is 4.88. The first-order valence-corrected chi connectivity index (χ1v) is 11.3. The zero-order chi connectivity index (χ0) is 20.7. The first kappa shape index (κ1) is 21.1. The van der Waals surface area contributed by atoms with E-state index in [4.69, 9.17) is 4.99 Å². The molecule has 154 valence electrons. The van der Waals surface area contributed by atoms with Gasteiger partial charge in [0.1, 0.15) is 0 Å². The van der Waals surface area contributed by atoms with Crippen LogP contribution in [0.15, 0.2) is 70.6 Å². The van der Waals surface area contributed by atoms with E-state index < -0.39 is 10.0 Å². The van der Waals surface area contributed by atoms with Crippen LogP contribution in [0.2, 0.25) is 0 Å². The maximum atomic E-state index is 12.0. The van der Waals surface area contributed by atoms with Gasteiger partial charge in [-0.3, -0.25) is 0 Å². The lowest BCUT2D eigenvalue weighted by atomic mass is 10.00. The number of hydrogen-bond acceptors (Lipinski definition) is 3. The van der Waals surface area contributed by atoms with Crippen LogP contribution in [0, 0.1) is 0 Å². The number of nitrogens with zero attached hydrogens (tertiary/aromatic N) is 2. The number of guanidine groups is 1. The quantitative estimate of drug-likeness (QED) is 0.565. The maximum Gasteiger partial charge on any atom is 0.240 e. The van der Waals surface area contributed by atoms with E-state index in [0.717, 1.165) is 37.6 Å². The normalized spacial score (nSPS) is 15.2. The van der Waals surface area contributed by atoms with Crippen molar-refractivity contribution in [2.45, 2.75) is 24.8 Å². The second-order valence-corrected chi connectivity index (χ2v) is 8.70. The summed E-state index contributed by atoms with van der Waals surface area (Å²) in [5.41, 5.74) is 3.49. The third kappa shape index (κ3) is 5.46. The molecule has 0 bridgehead atoms. The van der Waals surface area contributed by atoms with E-state index in [1.807, 2.05) is 19.1 Å². The topological polar surface area (TPSA) is 73.8 Å². The Labute approximate surface area is 173 Å². The fourth-order valence-corrected chi connectivity index (χ4v) is 4.10. The van der Waals surface area contributed by atoms with E-state index in [1.165, 1.54) is 18.2 Å². The van der Waals surface area contributed by atoms with Crippen LogP contribution in [0.5, 0.6) is 0 Å². The van der Waals surface area contributed by atoms with Gasteiger partial charge in [-0.05, 0) is 49.2 Å². The number of benzene rings is 2. The zero-order valence-electron chi connectivity index (χ0n) is 16.9. The highest BCUT2D eigenvalue weighted by Crippen LogP contribution is 2.22. The number of rotatable bonds is 6. The van der Waals surface area contributed by atoms with Gasteiger partial charge in [-0.15, -0.1) is 0 Å². The highest BCUT2D eigenvalue weighted by molar-refractivity contribution is 7.89. The number of aliphatic imine (C=N–C) groups is 1. The first-order valence-electron chi connectivity index (χ1n) is 9.83. The molecule has 2 aromatic carbocycles. The minimum absolute atomic E-state index is 0.256. The van der Waals surface area contributed by atoms with Crippen molar-refractivity contribution >= 4 is 21.6 Å². The molecule has 6 nitrogen and oxygen atoms in total. The summed E-state index contributed by atoms with van der Waals surface area (Å²) in [6, 6.07) is 17.4. The molecule has 0 atom stereocenters. The predicted molar refractivity (Wildman–Crippen MR) is 118 cm³/mol. The number of nitrogens with one attached hydrogen (secondary N) is 2. The molecule has 1 heterocycles. The van der Waals surface area contributed by atoms with Gasteiger partial charge in [-0.1, -0.05) is 48.5 Å². The molecule has 29 heavy (non-hydrogen) atoms. The Balaban J connectivity index is 1.73. The molecular formula is C22H28N4O2S. The summed E-state index contributed by atoms with van der Waals surface area (Å²) in [5, 5.41) is 3.35. The Morgan fingerprint density at radius 2 is 1.93 bits per heavy atom. The average Bonchev–Trinajstić information content (AvgIpc) is 2.77. The van der Waals surface area contributed by atoms with Crippen LogP contribution >= 0.6 is 0 Å². The predicted octanol–water partition coefficient (Wildman–Crippen LogP) is 2.85. The molecule has 0 fully saturated rings. The molecule has 0 aliphatic carbocycles. The third-order valence-corrected chi connectivity index (χ3v) is 6.29. The van der Waals surface area contributed by atoms with Gasteiger partial charge in [0.2, 0.25) is 10.0 Å². The van der Waals surface area contributed by atoms with Gasteiger partial charge >= 0.3 is 0 Å². The molecule has 3 rings (SSSR count). The van der Waals surface area contributed by atoms with Gasteiger partial charge in [-0.25, -0.2) is 18.1 Å². The molecule has 0 saturated heterocycles. The maximum absolute atomic E-state index is 12.0. The summed E-state index contributed by atoms with van der Waals surface area (Å²) in [6.07, 6.45) is 3.22. The van der Waals surface area contributed by atoms with Gasteiger partial charge in [0, 0.05) is 19.6 Å². The van der Waals surface area contributed by atoms with E-state index in [2.05, 4.69) is 45.3 Å². The number of hydrogen-bond donors (Lipinski definition) is 2. The van der Waals surface area contributed by atoms with E-state index in [1.54, 1.807) is 18.2 Å². The summed E-state index contributed by atoms with van der Waals surface area (Å²) in [4.78, 5) is 7.22. The van der Waals surface area contributed by atoms with E-state index >= 15 is 0 Å². The zero-order valence-corrected chi connectivity index (χ0v) is 17.7. The molecule has 0 saturated carbocycles.